The van der Waals surface area contributed by atoms with Crippen molar-refractivity contribution in [3.8, 4) is 5.75 Å². The zero-order valence-corrected chi connectivity index (χ0v) is 10.1. The zero-order chi connectivity index (χ0) is 13.3. The molecule has 1 aliphatic heterocycles. The molecule has 0 bridgehead atoms. The number of ether oxygens (including phenoxy) is 1. The highest BCUT2D eigenvalue weighted by atomic mass is 19.1. The van der Waals surface area contributed by atoms with E-state index in [9.17, 15) is 14.0 Å². The maximum atomic E-state index is 13.5. The molecule has 6 heteroatoms. The highest BCUT2D eigenvalue weighted by Crippen LogP contribution is 2.20. The number of urea groups is 1. The van der Waals surface area contributed by atoms with Crippen molar-refractivity contribution in [2.75, 3.05) is 20.7 Å². The minimum Gasteiger partial charge on any atom is -0.494 e. The van der Waals surface area contributed by atoms with Crippen molar-refractivity contribution in [2.45, 2.75) is 6.54 Å². The first kappa shape index (κ1) is 12.3. The van der Waals surface area contributed by atoms with E-state index < -0.39 is 5.82 Å². The molecule has 0 radical (unpaired) electrons. The summed E-state index contributed by atoms with van der Waals surface area (Å²) in [5.41, 5.74) is 0.547. The van der Waals surface area contributed by atoms with Crippen LogP contribution < -0.4 is 4.74 Å². The second-order valence-corrected chi connectivity index (χ2v) is 4.09. The second kappa shape index (κ2) is 4.64. The quantitative estimate of drug-likeness (QED) is 0.760. The van der Waals surface area contributed by atoms with Gasteiger partial charge in [-0.1, -0.05) is 6.07 Å². The Bertz CT molecular complexity index is 504. The number of carbonyl (C=O) groups is 2. The molecule has 2 rings (SSSR count). The average molecular weight is 252 g/mol. The summed E-state index contributed by atoms with van der Waals surface area (Å²) in [6.45, 7) is 0.139. The number of carbonyl (C=O) groups excluding carboxylic acids is 2. The minimum absolute atomic E-state index is 0.0669. The summed E-state index contributed by atoms with van der Waals surface area (Å²) in [5, 5.41) is 0. The summed E-state index contributed by atoms with van der Waals surface area (Å²) in [7, 11) is 2.93. The fourth-order valence-electron chi connectivity index (χ4n) is 1.82. The van der Waals surface area contributed by atoms with Gasteiger partial charge in [0.25, 0.3) is 5.91 Å². The van der Waals surface area contributed by atoms with E-state index in [1.165, 1.54) is 24.1 Å². The number of methoxy groups -OCH3 is 1. The molecule has 96 valence electrons. The van der Waals surface area contributed by atoms with Crippen molar-refractivity contribution in [3.05, 3.63) is 29.6 Å². The van der Waals surface area contributed by atoms with Crippen LogP contribution in [0.25, 0.3) is 0 Å². The number of imide groups is 1. The Morgan fingerprint density at radius 3 is 2.61 bits per heavy atom. The lowest BCUT2D eigenvalue weighted by Gasteiger charge is -2.14. The van der Waals surface area contributed by atoms with Crippen molar-refractivity contribution in [2.24, 2.45) is 0 Å². The molecule has 5 nitrogen and oxygen atoms in total. The van der Waals surface area contributed by atoms with Crippen LogP contribution in [0.3, 0.4) is 0 Å². The second-order valence-electron chi connectivity index (χ2n) is 4.09. The van der Waals surface area contributed by atoms with E-state index in [2.05, 4.69) is 0 Å². The molecule has 0 atom stereocenters. The number of nitrogens with zero attached hydrogens (tertiary/aromatic N) is 2. The van der Waals surface area contributed by atoms with Gasteiger partial charge in [-0.2, -0.15) is 0 Å². The van der Waals surface area contributed by atoms with Crippen molar-refractivity contribution < 1.29 is 18.7 Å². The van der Waals surface area contributed by atoms with Gasteiger partial charge < -0.3 is 9.64 Å². The van der Waals surface area contributed by atoms with Crippen LogP contribution in [0.2, 0.25) is 0 Å². The summed E-state index contributed by atoms with van der Waals surface area (Å²) in [6, 6.07) is 3.99. The average Bonchev–Trinajstić information content (AvgIpc) is 2.56. The van der Waals surface area contributed by atoms with Gasteiger partial charge in [-0.15, -0.1) is 0 Å². The van der Waals surface area contributed by atoms with Crippen molar-refractivity contribution in [3.63, 3.8) is 0 Å². The normalized spacial score (nSPS) is 15.5. The van der Waals surface area contributed by atoms with Crippen LogP contribution in [0.5, 0.6) is 5.75 Å². The molecule has 1 heterocycles. The maximum Gasteiger partial charge on any atom is 0.327 e. The van der Waals surface area contributed by atoms with Gasteiger partial charge in [0.2, 0.25) is 0 Å². The monoisotopic (exact) mass is 252 g/mol. The van der Waals surface area contributed by atoms with Crippen LogP contribution in [-0.4, -0.2) is 42.4 Å². The van der Waals surface area contributed by atoms with E-state index in [0.29, 0.717) is 5.56 Å². The smallest absolute Gasteiger partial charge is 0.327 e. The van der Waals surface area contributed by atoms with Crippen molar-refractivity contribution in [1.29, 1.82) is 0 Å². The molecule has 18 heavy (non-hydrogen) atoms. The van der Waals surface area contributed by atoms with Gasteiger partial charge in [0, 0.05) is 7.05 Å². The first-order valence-corrected chi connectivity index (χ1v) is 5.41. The van der Waals surface area contributed by atoms with Crippen LogP contribution in [0, 0.1) is 5.82 Å². The molecule has 0 unspecified atom stereocenters. The molecule has 0 aliphatic carbocycles. The van der Waals surface area contributed by atoms with E-state index >= 15 is 0 Å². The highest BCUT2D eigenvalue weighted by Gasteiger charge is 2.33. The Hall–Kier alpha value is -2.11. The molecule has 1 aromatic carbocycles. The molecule has 1 fully saturated rings. The van der Waals surface area contributed by atoms with Crippen LogP contribution in [0.4, 0.5) is 9.18 Å². The van der Waals surface area contributed by atoms with Gasteiger partial charge >= 0.3 is 6.03 Å². The molecular formula is C12H13FN2O3. The summed E-state index contributed by atoms with van der Waals surface area (Å²) in [5.74, 6) is -0.656. The number of amides is 3. The highest BCUT2D eigenvalue weighted by molar-refractivity contribution is 6.01. The fraction of sp³-hybridized carbons (Fsp3) is 0.333. The lowest BCUT2D eigenvalue weighted by Crippen LogP contribution is -2.31. The first-order valence-electron chi connectivity index (χ1n) is 5.41. The van der Waals surface area contributed by atoms with Gasteiger partial charge in [-0.05, 0) is 17.7 Å². The Kier molecular flexibility index (Phi) is 3.18. The van der Waals surface area contributed by atoms with E-state index in [0.717, 1.165) is 4.90 Å². The van der Waals surface area contributed by atoms with Crippen LogP contribution in [-0.2, 0) is 11.3 Å². The number of hydrogen-bond acceptors (Lipinski definition) is 3. The lowest BCUT2D eigenvalue weighted by molar-refractivity contribution is -0.125. The molecule has 3 amide bonds. The summed E-state index contributed by atoms with van der Waals surface area (Å²) < 4.78 is 18.3. The first-order chi connectivity index (χ1) is 8.52. The molecule has 0 aromatic heterocycles. The minimum atomic E-state index is -0.512. The molecule has 1 saturated heterocycles. The van der Waals surface area contributed by atoms with Crippen LogP contribution >= 0.6 is 0 Å². The molecule has 0 N–H and O–H groups in total. The third-order valence-electron chi connectivity index (χ3n) is 2.79. The summed E-state index contributed by atoms with van der Waals surface area (Å²) in [4.78, 5) is 25.6. The van der Waals surface area contributed by atoms with Gasteiger partial charge in [-0.25, -0.2) is 9.18 Å². The largest absolute Gasteiger partial charge is 0.494 e. The Balaban J connectivity index is 2.17. The predicted octanol–water partition coefficient (Wildman–Crippen LogP) is 1.23. The van der Waals surface area contributed by atoms with E-state index in [1.54, 1.807) is 13.1 Å². The summed E-state index contributed by atoms with van der Waals surface area (Å²) in [6.07, 6.45) is 0. The van der Waals surface area contributed by atoms with E-state index in [-0.39, 0.29) is 30.8 Å². The van der Waals surface area contributed by atoms with E-state index in [1.807, 2.05) is 0 Å². The van der Waals surface area contributed by atoms with Crippen molar-refractivity contribution in [1.82, 2.24) is 9.80 Å². The SMILES string of the molecule is COc1ccc(CN2C(=O)CN(C)C2=O)cc1F. The van der Waals surface area contributed by atoms with Gasteiger partial charge in [0.05, 0.1) is 13.7 Å². The Morgan fingerprint density at radius 2 is 2.11 bits per heavy atom. The number of likely N-dealkylation sites (N-methyl/N-ethyl adjacent to an activating group) is 1. The molecule has 0 spiro atoms. The third-order valence-corrected chi connectivity index (χ3v) is 2.79. The Labute approximate surface area is 104 Å². The van der Waals surface area contributed by atoms with Crippen LogP contribution in [0.15, 0.2) is 18.2 Å². The topological polar surface area (TPSA) is 49.9 Å². The fourth-order valence-corrected chi connectivity index (χ4v) is 1.82. The number of halogens is 1. The Morgan fingerprint density at radius 1 is 1.39 bits per heavy atom. The van der Waals surface area contributed by atoms with Gasteiger partial charge in [0.15, 0.2) is 11.6 Å². The predicted molar refractivity (Wildman–Crippen MR) is 61.5 cm³/mol. The van der Waals surface area contributed by atoms with Crippen LogP contribution in [0.1, 0.15) is 5.56 Å². The molecule has 0 saturated carbocycles. The molecular weight excluding hydrogens is 239 g/mol. The van der Waals surface area contributed by atoms with Crippen molar-refractivity contribution >= 4 is 11.9 Å². The van der Waals surface area contributed by atoms with Gasteiger partial charge in [-0.3, -0.25) is 9.69 Å². The molecule has 1 aliphatic rings. The third kappa shape index (κ3) is 2.13. The molecule has 1 aromatic rings. The number of rotatable bonds is 3. The number of benzene rings is 1. The zero-order valence-electron chi connectivity index (χ0n) is 10.1. The van der Waals surface area contributed by atoms with Gasteiger partial charge in [0.1, 0.15) is 6.54 Å². The lowest BCUT2D eigenvalue weighted by atomic mass is 10.2. The maximum absolute atomic E-state index is 13.5. The number of hydrogen-bond donors (Lipinski definition) is 0. The standard InChI is InChI=1S/C12H13FN2O3/c1-14-7-11(16)15(12(14)17)6-8-3-4-10(18-2)9(13)5-8/h3-5H,6-7H2,1-2H3. The van der Waals surface area contributed by atoms with E-state index in [4.69, 9.17) is 4.74 Å². The summed E-state index contributed by atoms with van der Waals surface area (Å²) >= 11 is 0.